The molecule has 1 saturated heterocycles. The fourth-order valence-corrected chi connectivity index (χ4v) is 3.64. The van der Waals surface area contributed by atoms with Gasteiger partial charge in [-0.2, -0.15) is 5.26 Å². The SMILES string of the molecule is Cl.N#Cc1c(N2CCNCC2)c2ccccc2n(Cc2ccc(F)cc2)c1=O. The van der Waals surface area contributed by atoms with Crippen LogP contribution in [-0.4, -0.2) is 30.7 Å². The fourth-order valence-electron chi connectivity index (χ4n) is 3.64. The largest absolute Gasteiger partial charge is 0.367 e. The lowest BCUT2D eigenvalue weighted by Gasteiger charge is -2.31. The lowest BCUT2D eigenvalue weighted by Crippen LogP contribution is -2.44. The van der Waals surface area contributed by atoms with Gasteiger partial charge in [0.15, 0.2) is 0 Å². The van der Waals surface area contributed by atoms with Gasteiger partial charge in [-0.3, -0.25) is 4.79 Å². The van der Waals surface area contributed by atoms with Crippen molar-refractivity contribution >= 4 is 29.0 Å². The van der Waals surface area contributed by atoms with E-state index in [9.17, 15) is 14.4 Å². The van der Waals surface area contributed by atoms with Gasteiger partial charge in [0.1, 0.15) is 17.4 Å². The summed E-state index contributed by atoms with van der Waals surface area (Å²) in [6.45, 7) is 3.42. The first-order valence-corrected chi connectivity index (χ1v) is 8.95. The van der Waals surface area contributed by atoms with Crippen LogP contribution in [0.3, 0.4) is 0 Å². The molecule has 4 rings (SSSR count). The quantitative estimate of drug-likeness (QED) is 0.737. The molecule has 0 unspecified atom stereocenters. The monoisotopic (exact) mass is 398 g/mol. The molecule has 3 aromatic rings. The first-order valence-electron chi connectivity index (χ1n) is 8.95. The number of nitriles is 1. The summed E-state index contributed by atoms with van der Waals surface area (Å²) in [5.74, 6) is -0.317. The Balaban J connectivity index is 0.00000225. The number of fused-ring (bicyclic) bond motifs is 1. The number of anilines is 1. The van der Waals surface area contributed by atoms with Gasteiger partial charge in [-0.1, -0.05) is 30.3 Å². The molecule has 0 radical (unpaired) electrons. The van der Waals surface area contributed by atoms with Crippen molar-refractivity contribution in [1.29, 1.82) is 5.26 Å². The third-order valence-corrected chi connectivity index (χ3v) is 4.94. The molecule has 1 N–H and O–H groups in total. The predicted molar refractivity (Wildman–Crippen MR) is 111 cm³/mol. The maximum Gasteiger partial charge on any atom is 0.271 e. The van der Waals surface area contributed by atoms with Crippen molar-refractivity contribution in [2.75, 3.05) is 31.1 Å². The summed E-state index contributed by atoms with van der Waals surface area (Å²) in [6, 6.07) is 15.9. The lowest BCUT2D eigenvalue weighted by molar-refractivity contribution is 0.589. The van der Waals surface area contributed by atoms with Crippen LogP contribution < -0.4 is 15.8 Å². The van der Waals surface area contributed by atoms with E-state index in [1.165, 1.54) is 12.1 Å². The summed E-state index contributed by atoms with van der Waals surface area (Å²) in [5.41, 5.74) is 2.16. The van der Waals surface area contributed by atoms with Gasteiger partial charge in [-0.05, 0) is 23.8 Å². The van der Waals surface area contributed by atoms with Crippen LogP contribution in [0.1, 0.15) is 11.1 Å². The topological polar surface area (TPSA) is 61.1 Å². The van der Waals surface area contributed by atoms with E-state index in [-0.39, 0.29) is 35.9 Å². The molecule has 7 heteroatoms. The molecule has 1 fully saturated rings. The molecule has 0 saturated carbocycles. The summed E-state index contributed by atoms with van der Waals surface area (Å²) in [7, 11) is 0. The van der Waals surface area contributed by atoms with Crippen LogP contribution in [0.15, 0.2) is 53.3 Å². The molecule has 144 valence electrons. The number of benzene rings is 2. The van der Waals surface area contributed by atoms with Gasteiger partial charge in [0.05, 0.1) is 17.7 Å². The minimum Gasteiger partial charge on any atom is -0.367 e. The van der Waals surface area contributed by atoms with E-state index in [1.807, 2.05) is 24.3 Å². The van der Waals surface area contributed by atoms with Crippen LogP contribution in [0.25, 0.3) is 10.9 Å². The van der Waals surface area contributed by atoms with Crippen LogP contribution in [0.5, 0.6) is 0 Å². The van der Waals surface area contributed by atoms with Crippen molar-refractivity contribution in [2.45, 2.75) is 6.54 Å². The van der Waals surface area contributed by atoms with Crippen LogP contribution in [0.2, 0.25) is 0 Å². The molecule has 0 spiro atoms. The molecule has 28 heavy (non-hydrogen) atoms. The highest BCUT2D eigenvalue weighted by atomic mass is 35.5. The molecule has 1 aromatic heterocycles. The van der Waals surface area contributed by atoms with Crippen LogP contribution >= 0.6 is 12.4 Å². The average molecular weight is 399 g/mol. The number of halogens is 2. The Kier molecular flexibility index (Phi) is 5.98. The third-order valence-electron chi connectivity index (χ3n) is 4.94. The molecular weight excluding hydrogens is 379 g/mol. The van der Waals surface area contributed by atoms with Crippen LogP contribution in [-0.2, 0) is 6.54 Å². The Labute approximate surface area is 168 Å². The minimum atomic E-state index is -0.317. The first kappa shape index (κ1) is 19.9. The van der Waals surface area contributed by atoms with Crippen LogP contribution in [0, 0.1) is 17.1 Å². The molecule has 0 atom stereocenters. The van der Waals surface area contributed by atoms with Gasteiger partial charge in [0, 0.05) is 31.6 Å². The van der Waals surface area contributed by atoms with Crippen molar-refractivity contribution in [2.24, 2.45) is 0 Å². The smallest absolute Gasteiger partial charge is 0.271 e. The number of para-hydroxylation sites is 1. The van der Waals surface area contributed by atoms with E-state index in [4.69, 9.17) is 0 Å². The van der Waals surface area contributed by atoms with Crippen molar-refractivity contribution in [3.05, 3.63) is 75.8 Å². The average Bonchev–Trinajstić information content (AvgIpc) is 2.71. The maximum atomic E-state index is 13.2. The molecule has 5 nitrogen and oxygen atoms in total. The Hall–Kier alpha value is -2.88. The molecule has 1 aliphatic heterocycles. The van der Waals surface area contributed by atoms with Gasteiger partial charge in [0.25, 0.3) is 5.56 Å². The van der Waals surface area contributed by atoms with E-state index < -0.39 is 0 Å². The van der Waals surface area contributed by atoms with E-state index in [0.717, 1.165) is 48.3 Å². The molecule has 1 aliphatic rings. The van der Waals surface area contributed by atoms with E-state index in [2.05, 4.69) is 16.3 Å². The van der Waals surface area contributed by atoms with E-state index in [0.29, 0.717) is 0 Å². The van der Waals surface area contributed by atoms with Crippen molar-refractivity contribution in [1.82, 2.24) is 9.88 Å². The number of aromatic nitrogens is 1. The van der Waals surface area contributed by atoms with Gasteiger partial charge in [0.2, 0.25) is 0 Å². The van der Waals surface area contributed by atoms with Crippen molar-refractivity contribution in [3.63, 3.8) is 0 Å². The minimum absolute atomic E-state index is 0. The number of pyridine rings is 1. The number of rotatable bonds is 3. The lowest BCUT2D eigenvalue weighted by atomic mass is 10.1. The Morgan fingerprint density at radius 3 is 2.43 bits per heavy atom. The predicted octanol–water partition coefficient (Wildman–Crippen LogP) is 2.89. The number of hydrogen-bond donors (Lipinski definition) is 1. The summed E-state index contributed by atoms with van der Waals surface area (Å²) in [4.78, 5) is 15.3. The second-order valence-electron chi connectivity index (χ2n) is 6.61. The van der Waals surface area contributed by atoms with Crippen molar-refractivity contribution < 1.29 is 4.39 Å². The highest BCUT2D eigenvalue weighted by Crippen LogP contribution is 2.29. The second-order valence-corrected chi connectivity index (χ2v) is 6.61. The molecule has 0 aliphatic carbocycles. The molecular formula is C21H20ClFN4O. The van der Waals surface area contributed by atoms with E-state index >= 15 is 0 Å². The highest BCUT2D eigenvalue weighted by molar-refractivity contribution is 5.95. The molecule has 0 bridgehead atoms. The standard InChI is InChI=1S/C21H19FN4O.ClH/c22-16-7-5-15(6-8-16)14-26-19-4-2-1-3-17(19)20(18(13-23)21(26)27)25-11-9-24-10-12-25;/h1-8,24H,9-12,14H2;1H. The summed E-state index contributed by atoms with van der Waals surface area (Å²) in [5, 5.41) is 13.9. The number of nitrogens with zero attached hydrogens (tertiary/aromatic N) is 3. The number of hydrogen-bond acceptors (Lipinski definition) is 4. The Morgan fingerprint density at radius 1 is 1.07 bits per heavy atom. The summed E-state index contributed by atoms with van der Waals surface area (Å²) < 4.78 is 14.8. The van der Waals surface area contributed by atoms with E-state index in [1.54, 1.807) is 16.7 Å². The zero-order valence-corrected chi connectivity index (χ0v) is 16.0. The Morgan fingerprint density at radius 2 is 1.75 bits per heavy atom. The fraction of sp³-hybridized carbons (Fsp3) is 0.238. The Bertz CT molecular complexity index is 1080. The van der Waals surface area contributed by atoms with Gasteiger partial charge in [-0.15, -0.1) is 12.4 Å². The number of nitrogens with one attached hydrogen (secondary N) is 1. The summed E-state index contributed by atoms with van der Waals surface area (Å²) in [6.07, 6.45) is 0. The number of piperazine rings is 1. The third kappa shape index (κ3) is 3.59. The summed E-state index contributed by atoms with van der Waals surface area (Å²) >= 11 is 0. The van der Waals surface area contributed by atoms with Crippen LogP contribution in [0.4, 0.5) is 10.1 Å². The molecule has 2 heterocycles. The van der Waals surface area contributed by atoms with Gasteiger partial charge >= 0.3 is 0 Å². The highest BCUT2D eigenvalue weighted by Gasteiger charge is 2.22. The van der Waals surface area contributed by atoms with Gasteiger partial charge < -0.3 is 14.8 Å². The van der Waals surface area contributed by atoms with Crippen molar-refractivity contribution in [3.8, 4) is 6.07 Å². The maximum absolute atomic E-state index is 13.2. The molecule has 0 amide bonds. The normalized spacial score (nSPS) is 13.8. The zero-order valence-electron chi connectivity index (χ0n) is 15.2. The first-order chi connectivity index (χ1) is 13.2. The molecule has 2 aromatic carbocycles. The zero-order chi connectivity index (χ0) is 18.8. The second kappa shape index (κ2) is 8.42. The van der Waals surface area contributed by atoms with Gasteiger partial charge in [-0.25, -0.2) is 4.39 Å².